The zero-order valence-corrected chi connectivity index (χ0v) is 11.8. The van der Waals surface area contributed by atoms with E-state index in [1.165, 1.54) is 0 Å². The lowest BCUT2D eigenvalue weighted by atomic mass is 10.0. The van der Waals surface area contributed by atoms with E-state index in [-0.39, 0.29) is 0 Å². The van der Waals surface area contributed by atoms with Crippen molar-refractivity contribution in [3.8, 4) is 5.75 Å². The van der Waals surface area contributed by atoms with E-state index in [4.69, 9.17) is 4.74 Å². The highest BCUT2D eigenvalue weighted by Crippen LogP contribution is 2.27. The number of aryl methyl sites for hydroxylation is 1. The normalized spacial score (nSPS) is 12.2. The number of aliphatic hydroxyl groups is 1. The van der Waals surface area contributed by atoms with Crippen LogP contribution in [0.3, 0.4) is 0 Å². The second kappa shape index (κ2) is 5.50. The Kier molecular flexibility index (Phi) is 3.99. The van der Waals surface area contributed by atoms with Crippen molar-refractivity contribution in [3.05, 3.63) is 57.8 Å². The molecule has 18 heavy (non-hydrogen) atoms. The quantitative estimate of drug-likeness (QED) is 0.946. The maximum atomic E-state index is 10.3. The zero-order valence-electron chi connectivity index (χ0n) is 10.2. The molecule has 1 aromatic carbocycles. The molecule has 0 spiro atoms. The first kappa shape index (κ1) is 13.1. The van der Waals surface area contributed by atoms with Crippen LogP contribution in [0.5, 0.6) is 5.75 Å². The van der Waals surface area contributed by atoms with Gasteiger partial charge in [0.05, 0.1) is 13.3 Å². The summed E-state index contributed by atoms with van der Waals surface area (Å²) < 4.78 is 6.06. The summed E-state index contributed by atoms with van der Waals surface area (Å²) in [5.74, 6) is 0.637. The summed E-state index contributed by atoms with van der Waals surface area (Å²) >= 11 is 3.43. The van der Waals surface area contributed by atoms with E-state index in [1.807, 2.05) is 25.1 Å². The zero-order chi connectivity index (χ0) is 13.1. The Morgan fingerprint density at radius 1 is 1.17 bits per heavy atom. The first-order chi connectivity index (χ1) is 8.60. The average molecular weight is 308 g/mol. The Balaban J connectivity index is 2.37. The molecule has 0 radical (unpaired) electrons. The van der Waals surface area contributed by atoms with Gasteiger partial charge in [0.15, 0.2) is 0 Å². The molecule has 1 heterocycles. The molecule has 3 nitrogen and oxygen atoms in total. The lowest BCUT2D eigenvalue weighted by molar-refractivity contribution is 0.219. The smallest absolute Gasteiger partial charge is 0.137 e. The van der Waals surface area contributed by atoms with E-state index >= 15 is 0 Å². The molecule has 0 fully saturated rings. The summed E-state index contributed by atoms with van der Waals surface area (Å²) in [6, 6.07) is 7.64. The van der Waals surface area contributed by atoms with Crippen LogP contribution < -0.4 is 4.74 Å². The van der Waals surface area contributed by atoms with Crippen LogP contribution in [-0.2, 0) is 0 Å². The summed E-state index contributed by atoms with van der Waals surface area (Å²) in [7, 11) is 1.58. The number of rotatable bonds is 3. The number of benzene rings is 1. The topological polar surface area (TPSA) is 42.4 Å². The number of methoxy groups -OCH3 is 1. The van der Waals surface area contributed by atoms with Crippen molar-refractivity contribution in [2.75, 3.05) is 7.11 Å². The van der Waals surface area contributed by atoms with Gasteiger partial charge >= 0.3 is 0 Å². The van der Waals surface area contributed by atoms with Crippen LogP contribution in [0.4, 0.5) is 0 Å². The van der Waals surface area contributed by atoms with Gasteiger partial charge in [-0.05, 0) is 36.2 Å². The molecule has 2 rings (SSSR count). The molecule has 1 atom stereocenters. The molecule has 0 saturated carbocycles. The van der Waals surface area contributed by atoms with Crippen molar-refractivity contribution in [1.29, 1.82) is 0 Å². The van der Waals surface area contributed by atoms with Crippen LogP contribution in [0.2, 0.25) is 0 Å². The van der Waals surface area contributed by atoms with Crippen LogP contribution in [0.15, 0.2) is 41.1 Å². The Bertz CT molecular complexity index is 537. The molecule has 1 unspecified atom stereocenters. The predicted molar refractivity (Wildman–Crippen MR) is 73.7 cm³/mol. The second-order valence-electron chi connectivity index (χ2n) is 4.12. The molecular weight excluding hydrogens is 294 g/mol. The number of halogens is 1. The van der Waals surface area contributed by atoms with Gasteiger partial charge in [-0.15, -0.1) is 0 Å². The number of aromatic nitrogens is 1. The summed E-state index contributed by atoms with van der Waals surface area (Å²) in [5.41, 5.74) is 2.64. The van der Waals surface area contributed by atoms with Gasteiger partial charge in [-0.1, -0.05) is 22.0 Å². The van der Waals surface area contributed by atoms with Crippen molar-refractivity contribution < 1.29 is 9.84 Å². The van der Waals surface area contributed by atoms with Crippen molar-refractivity contribution in [2.45, 2.75) is 13.0 Å². The second-order valence-corrected chi connectivity index (χ2v) is 5.04. The molecule has 0 amide bonds. The average Bonchev–Trinajstić information content (AvgIpc) is 2.37. The van der Waals surface area contributed by atoms with Crippen LogP contribution in [0.25, 0.3) is 0 Å². The molecule has 0 bridgehead atoms. The largest absolute Gasteiger partial charge is 0.495 e. The summed E-state index contributed by atoms with van der Waals surface area (Å²) in [5, 5.41) is 10.3. The van der Waals surface area contributed by atoms with Crippen LogP contribution in [0, 0.1) is 6.92 Å². The van der Waals surface area contributed by atoms with Crippen LogP contribution in [-0.4, -0.2) is 17.2 Å². The third-order valence-electron chi connectivity index (χ3n) is 2.67. The number of aliphatic hydroxyl groups excluding tert-OH is 1. The molecule has 0 aliphatic rings. The molecule has 0 saturated heterocycles. The molecule has 0 aliphatic carbocycles. The van der Waals surface area contributed by atoms with E-state index in [9.17, 15) is 5.11 Å². The SMILES string of the molecule is COc1cncc(C(O)c2cc(C)cc(Br)c2)c1. The molecular formula is C14H14BrNO2. The fourth-order valence-electron chi connectivity index (χ4n) is 1.81. The van der Waals surface area contributed by atoms with Crippen molar-refractivity contribution in [3.63, 3.8) is 0 Å². The first-order valence-corrected chi connectivity index (χ1v) is 6.33. The van der Waals surface area contributed by atoms with Crippen molar-refractivity contribution >= 4 is 15.9 Å². The standard InChI is InChI=1S/C14H14BrNO2/c1-9-3-10(5-12(15)4-9)14(17)11-6-13(18-2)8-16-7-11/h3-8,14,17H,1-2H3. The van der Waals surface area contributed by atoms with Gasteiger partial charge in [0.1, 0.15) is 11.9 Å². The van der Waals surface area contributed by atoms with Gasteiger partial charge in [0.2, 0.25) is 0 Å². The molecule has 4 heteroatoms. The first-order valence-electron chi connectivity index (χ1n) is 5.54. The third kappa shape index (κ3) is 2.89. The summed E-state index contributed by atoms with van der Waals surface area (Å²) in [6.07, 6.45) is 2.55. The summed E-state index contributed by atoms with van der Waals surface area (Å²) in [4.78, 5) is 4.05. The number of hydrogen-bond acceptors (Lipinski definition) is 3. The molecule has 2 aromatic rings. The number of pyridine rings is 1. The minimum Gasteiger partial charge on any atom is -0.495 e. The van der Waals surface area contributed by atoms with Gasteiger partial charge in [0, 0.05) is 16.2 Å². The number of nitrogens with zero attached hydrogens (tertiary/aromatic N) is 1. The molecule has 1 N–H and O–H groups in total. The fraction of sp³-hybridized carbons (Fsp3) is 0.214. The highest BCUT2D eigenvalue weighted by Gasteiger charge is 2.12. The van der Waals surface area contributed by atoms with Gasteiger partial charge in [-0.2, -0.15) is 0 Å². The predicted octanol–water partition coefficient (Wildman–Crippen LogP) is 3.24. The summed E-state index contributed by atoms with van der Waals surface area (Å²) in [6.45, 7) is 1.99. The van der Waals surface area contributed by atoms with E-state index < -0.39 is 6.10 Å². The highest BCUT2D eigenvalue weighted by atomic mass is 79.9. The minimum atomic E-state index is -0.705. The van der Waals surface area contributed by atoms with Crippen LogP contribution in [0.1, 0.15) is 22.8 Å². The Morgan fingerprint density at radius 3 is 2.61 bits per heavy atom. The van der Waals surface area contributed by atoms with E-state index in [2.05, 4.69) is 20.9 Å². The van der Waals surface area contributed by atoms with E-state index in [0.29, 0.717) is 11.3 Å². The third-order valence-corrected chi connectivity index (χ3v) is 3.12. The maximum absolute atomic E-state index is 10.3. The van der Waals surface area contributed by atoms with Gasteiger partial charge in [0.25, 0.3) is 0 Å². The highest BCUT2D eigenvalue weighted by molar-refractivity contribution is 9.10. The van der Waals surface area contributed by atoms with Gasteiger partial charge in [-0.3, -0.25) is 4.98 Å². The molecule has 94 valence electrons. The number of hydrogen-bond donors (Lipinski definition) is 1. The van der Waals surface area contributed by atoms with Gasteiger partial charge < -0.3 is 9.84 Å². The Labute approximate surface area is 115 Å². The lowest BCUT2D eigenvalue weighted by Gasteiger charge is -2.13. The van der Waals surface area contributed by atoms with Gasteiger partial charge in [-0.25, -0.2) is 0 Å². The fourth-order valence-corrected chi connectivity index (χ4v) is 2.44. The van der Waals surface area contributed by atoms with E-state index in [1.54, 1.807) is 25.6 Å². The van der Waals surface area contributed by atoms with Crippen molar-refractivity contribution in [1.82, 2.24) is 4.98 Å². The Hall–Kier alpha value is -1.39. The Morgan fingerprint density at radius 2 is 1.94 bits per heavy atom. The van der Waals surface area contributed by atoms with E-state index in [0.717, 1.165) is 15.6 Å². The maximum Gasteiger partial charge on any atom is 0.137 e. The molecule has 1 aromatic heterocycles. The minimum absolute atomic E-state index is 0.637. The van der Waals surface area contributed by atoms with Crippen LogP contribution >= 0.6 is 15.9 Å². The lowest BCUT2D eigenvalue weighted by Crippen LogP contribution is -2.01. The monoisotopic (exact) mass is 307 g/mol. The van der Waals surface area contributed by atoms with Crippen molar-refractivity contribution in [2.24, 2.45) is 0 Å². The molecule has 0 aliphatic heterocycles. The number of ether oxygens (including phenoxy) is 1.